The molecule has 0 radical (unpaired) electrons. The molecule has 2 fully saturated rings. The molecule has 0 aromatic rings. The number of rotatable bonds is 38. The SMILES string of the molecule is CCCCC/C=C\C/C=C\CCCCCCCC(=O)OC[C@H](CO[C@@H]1O[C@H](CO[C@@H]2O[C@H](CO)[C@H](O)[C@H](O)[C@H]2O)[C@H](O)[C@H](O)[C@H]1O)OC(=O)CCCCCCCCCCCCCCC. The summed E-state index contributed by atoms with van der Waals surface area (Å²) in [5.74, 6) is -0.936. The molecule has 2 rings (SSSR count). The maximum Gasteiger partial charge on any atom is 0.306 e. The minimum Gasteiger partial charge on any atom is -0.462 e. The van der Waals surface area contributed by atoms with E-state index in [2.05, 4.69) is 38.2 Å². The van der Waals surface area contributed by atoms with Crippen LogP contribution in [0, 0.1) is 0 Å². The fourth-order valence-corrected chi connectivity index (χ4v) is 7.78. The molecule has 15 nitrogen and oxygen atoms in total. The van der Waals surface area contributed by atoms with Crippen LogP contribution in [0.5, 0.6) is 0 Å². The summed E-state index contributed by atoms with van der Waals surface area (Å²) in [6.45, 7) is 2.55. The number of hydrogen-bond acceptors (Lipinski definition) is 15. The second-order valence-corrected chi connectivity index (χ2v) is 17.6. The third-order valence-corrected chi connectivity index (χ3v) is 11.9. The van der Waals surface area contributed by atoms with Crippen LogP contribution < -0.4 is 0 Å². The van der Waals surface area contributed by atoms with Crippen LogP contribution in [0.4, 0.5) is 0 Å². The number of carbonyl (C=O) groups is 2. The van der Waals surface area contributed by atoms with Crippen LogP contribution >= 0.6 is 0 Å². The van der Waals surface area contributed by atoms with Crippen LogP contribution in [0.2, 0.25) is 0 Å². The van der Waals surface area contributed by atoms with Crippen molar-refractivity contribution in [3.05, 3.63) is 24.3 Å². The smallest absolute Gasteiger partial charge is 0.306 e. The first kappa shape index (κ1) is 58.1. The number of allylic oxidation sites excluding steroid dienone is 4. The average molecular weight is 917 g/mol. The van der Waals surface area contributed by atoms with Gasteiger partial charge in [0.2, 0.25) is 0 Å². The van der Waals surface area contributed by atoms with Crippen molar-refractivity contribution >= 4 is 11.9 Å². The van der Waals surface area contributed by atoms with Crippen molar-refractivity contribution in [1.82, 2.24) is 0 Å². The van der Waals surface area contributed by atoms with Crippen LogP contribution in [0.25, 0.3) is 0 Å². The van der Waals surface area contributed by atoms with E-state index < -0.39 is 92.7 Å². The molecule has 11 atom stereocenters. The summed E-state index contributed by atoms with van der Waals surface area (Å²) < 4.78 is 33.5. The average Bonchev–Trinajstić information content (AvgIpc) is 3.29. The second kappa shape index (κ2) is 37.0. The molecule has 7 N–H and O–H groups in total. The summed E-state index contributed by atoms with van der Waals surface area (Å²) in [6.07, 6.45) is 19.2. The van der Waals surface area contributed by atoms with Gasteiger partial charge in [-0.3, -0.25) is 9.59 Å². The van der Waals surface area contributed by atoms with Crippen molar-refractivity contribution in [1.29, 1.82) is 0 Å². The molecule has 0 saturated carbocycles. The maximum atomic E-state index is 13.0. The molecule has 0 aromatic carbocycles. The predicted molar refractivity (Wildman–Crippen MR) is 243 cm³/mol. The maximum absolute atomic E-state index is 13.0. The van der Waals surface area contributed by atoms with Crippen molar-refractivity contribution in [2.45, 2.75) is 248 Å². The third kappa shape index (κ3) is 25.2. The van der Waals surface area contributed by atoms with Gasteiger partial charge >= 0.3 is 11.9 Å². The normalized spacial score (nSPS) is 26.8. The van der Waals surface area contributed by atoms with E-state index in [0.29, 0.717) is 12.8 Å². The van der Waals surface area contributed by atoms with Crippen molar-refractivity contribution in [3.63, 3.8) is 0 Å². The quantitative estimate of drug-likeness (QED) is 0.0203. The Morgan fingerprint density at radius 1 is 0.500 bits per heavy atom. The van der Waals surface area contributed by atoms with Gasteiger partial charge in [0.05, 0.1) is 19.8 Å². The van der Waals surface area contributed by atoms with Crippen molar-refractivity contribution in [2.75, 3.05) is 26.4 Å². The number of unbranched alkanes of at least 4 members (excludes halogenated alkanes) is 20. The Hall–Kier alpha value is -2.02. The van der Waals surface area contributed by atoms with E-state index in [-0.39, 0.29) is 26.1 Å². The molecule has 0 aromatic heterocycles. The lowest BCUT2D eigenvalue weighted by Crippen LogP contribution is -2.61. The fraction of sp³-hybridized carbons (Fsp3) is 0.878. The van der Waals surface area contributed by atoms with Crippen molar-refractivity contribution < 1.29 is 73.8 Å². The minimum atomic E-state index is -1.76. The molecule has 2 aliphatic rings. The Morgan fingerprint density at radius 3 is 1.48 bits per heavy atom. The molecule has 2 saturated heterocycles. The monoisotopic (exact) mass is 917 g/mol. The van der Waals surface area contributed by atoms with E-state index in [0.717, 1.165) is 64.2 Å². The molecular weight excluding hydrogens is 829 g/mol. The Morgan fingerprint density at radius 2 is 0.938 bits per heavy atom. The summed E-state index contributed by atoms with van der Waals surface area (Å²) in [7, 11) is 0. The van der Waals surface area contributed by atoms with Crippen molar-refractivity contribution in [2.24, 2.45) is 0 Å². The van der Waals surface area contributed by atoms with Gasteiger partial charge < -0.3 is 64.2 Å². The second-order valence-electron chi connectivity index (χ2n) is 17.6. The van der Waals surface area contributed by atoms with Crippen LogP contribution in [0.3, 0.4) is 0 Å². The number of hydrogen-bond donors (Lipinski definition) is 7. The Kier molecular flexibility index (Phi) is 33.6. The van der Waals surface area contributed by atoms with Gasteiger partial charge in [0, 0.05) is 12.8 Å². The summed E-state index contributed by atoms with van der Waals surface area (Å²) in [6, 6.07) is 0. The molecule has 0 spiro atoms. The van der Waals surface area contributed by atoms with Crippen LogP contribution in [0.1, 0.15) is 181 Å². The number of aliphatic hydroxyl groups excluding tert-OH is 7. The fourth-order valence-electron chi connectivity index (χ4n) is 7.78. The molecular formula is C49H88O15. The van der Waals surface area contributed by atoms with Gasteiger partial charge in [0.1, 0.15) is 55.4 Å². The van der Waals surface area contributed by atoms with Gasteiger partial charge in [-0.1, -0.05) is 147 Å². The first-order chi connectivity index (χ1) is 31.0. The van der Waals surface area contributed by atoms with E-state index >= 15 is 0 Å². The van der Waals surface area contributed by atoms with Gasteiger partial charge in [-0.15, -0.1) is 0 Å². The van der Waals surface area contributed by atoms with Crippen molar-refractivity contribution in [3.8, 4) is 0 Å². The first-order valence-corrected chi connectivity index (χ1v) is 24.9. The highest BCUT2D eigenvalue weighted by atomic mass is 16.7. The zero-order valence-electron chi connectivity index (χ0n) is 39.3. The molecule has 0 unspecified atom stereocenters. The molecule has 0 bridgehead atoms. The summed E-state index contributed by atoms with van der Waals surface area (Å²) >= 11 is 0. The van der Waals surface area contributed by atoms with E-state index in [1.165, 1.54) is 77.0 Å². The minimum absolute atomic E-state index is 0.166. The number of aliphatic hydroxyl groups is 7. The predicted octanol–water partition coefficient (Wildman–Crippen LogP) is 6.38. The molecule has 15 heteroatoms. The lowest BCUT2D eigenvalue weighted by Gasteiger charge is -2.42. The van der Waals surface area contributed by atoms with Crippen LogP contribution in [0.15, 0.2) is 24.3 Å². The van der Waals surface area contributed by atoms with Gasteiger partial charge in [0.15, 0.2) is 18.7 Å². The lowest BCUT2D eigenvalue weighted by molar-refractivity contribution is -0.332. The topological polar surface area (TPSA) is 231 Å². The molecule has 0 aliphatic carbocycles. The largest absolute Gasteiger partial charge is 0.462 e. The molecule has 2 heterocycles. The van der Waals surface area contributed by atoms with E-state index in [1.807, 2.05) is 0 Å². The highest BCUT2D eigenvalue weighted by Gasteiger charge is 2.47. The zero-order valence-corrected chi connectivity index (χ0v) is 39.3. The number of esters is 2. The summed E-state index contributed by atoms with van der Waals surface area (Å²) in [5, 5.41) is 72.0. The van der Waals surface area contributed by atoms with Gasteiger partial charge in [0.25, 0.3) is 0 Å². The molecule has 0 amide bonds. The van der Waals surface area contributed by atoms with Gasteiger partial charge in [-0.25, -0.2) is 0 Å². The number of carbonyl (C=O) groups excluding carboxylic acids is 2. The zero-order chi connectivity index (χ0) is 46.8. The summed E-state index contributed by atoms with van der Waals surface area (Å²) in [5.41, 5.74) is 0. The van der Waals surface area contributed by atoms with Crippen LogP contribution in [-0.4, -0.2) is 142 Å². The molecule has 374 valence electrons. The van der Waals surface area contributed by atoms with Gasteiger partial charge in [-0.05, 0) is 44.9 Å². The van der Waals surface area contributed by atoms with E-state index in [1.54, 1.807) is 0 Å². The van der Waals surface area contributed by atoms with Crippen LogP contribution in [-0.2, 0) is 38.0 Å². The highest BCUT2D eigenvalue weighted by molar-refractivity contribution is 5.70. The third-order valence-electron chi connectivity index (χ3n) is 11.9. The Balaban J connectivity index is 1.83. The highest BCUT2D eigenvalue weighted by Crippen LogP contribution is 2.26. The lowest BCUT2D eigenvalue weighted by atomic mass is 9.98. The van der Waals surface area contributed by atoms with Gasteiger partial charge in [-0.2, -0.15) is 0 Å². The Labute approximate surface area is 383 Å². The number of ether oxygens (including phenoxy) is 6. The summed E-state index contributed by atoms with van der Waals surface area (Å²) in [4.78, 5) is 25.7. The Bertz CT molecular complexity index is 1220. The molecule has 2 aliphatic heterocycles. The van der Waals surface area contributed by atoms with E-state index in [9.17, 15) is 45.3 Å². The first-order valence-electron chi connectivity index (χ1n) is 24.9. The standard InChI is InChI=1S/C49H88O15/c1-3-5-7-9-11-13-15-17-18-20-21-23-25-27-29-31-40(51)59-34-37(62-41(52)32-30-28-26-24-22-19-16-14-12-10-8-6-4-2)35-60-48-47(58)45(56)43(54)39(64-48)36-61-49-46(57)44(55)42(53)38(33-50)63-49/h11,13,17-18,37-39,42-50,53-58H,3-10,12,14-16,19-36H2,1-2H3/b13-11-,18-17-/t37-,38-,39-,42+,43+,44+,45+,46-,47-,48-,49-/m1/s1. The van der Waals surface area contributed by atoms with E-state index in [4.69, 9.17) is 28.4 Å². The molecule has 64 heavy (non-hydrogen) atoms.